The second-order valence-corrected chi connectivity index (χ2v) is 4.91. The average molecular weight is 196 g/mol. The van der Waals surface area contributed by atoms with E-state index < -0.39 is 0 Å². The molecule has 0 bridgehead atoms. The average Bonchev–Trinajstić information content (AvgIpc) is 2.55. The smallest absolute Gasteiger partial charge is 0.0740 e. The van der Waals surface area contributed by atoms with Crippen LogP contribution in [0.2, 0.25) is 0 Å². The molecule has 3 heteroatoms. The standard InChI is InChI=1S/C10H16N2S/c1-8-3-2-5-10(11,7-8)9-4-6-13-12-9/h4,6,8H,2-3,5,7,11H2,1H3. The van der Waals surface area contributed by atoms with E-state index in [1.54, 1.807) is 0 Å². The zero-order valence-corrected chi connectivity index (χ0v) is 8.81. The van der Waals surface area contributed by atoms with E-state index in [9.17, 15) is 0 Å². The Kier molecular flexibility index (Phi) is 2.39. The van der Waals surface area contributed by atoms with Gasteiger partial charge in [-0.1, -0.05) is 19.8 Å². The van der Waals surface area contributed by atoms with Crippen molar-refractivity contribution in [2.24, 2.45) is 11.7 Å². The van der Waals surface area contributed by atoms with Crippen LogP contribution in [-0.4, -0.2) is 4.37 Å². The maximum atomic E-state index is 6.36. The predicted molar refractivity (Wildman–Crippen MR) is 55.6 cm³/mol. The van der Waals surface area contributed by atoms with Crippen LogP contribution in [0.3, 0.4) is 0 Å². The van der Waals surface area contributed by atoms with E-state index in [1.165, 1.54) is 24.4 Å². The molecule has 2 atom stereocenters. The normalized spacial score (nSPS) is 34.8. The lowest BCUT2D eigenvalue weighted by molar-refractivity contribution is 0.235. The number of nitrogens with two attached hydrogens (primary N) is 1. The van der Waals surface area contributed by atoms with Crippen LogP contribution in [0.5, 0.6) is 0 Å². The third-order valence-corrected chi connectivity index (χ3v) is 3.54. The number of hydrogen-bond acceptors (Lipinski definition) is 3. The highest BCUT2D eigenvalue weighted by Crippen LogP contribution is 2.37. The summed E-state index contributed by atoms with van der Waals surface area (Å²) in [5, 5.41) is 2.02. The van der Waals surface area contributed by atoms with Crippen LogP contribution in [0, 0.1) is 5.92 Å². The molecule has 2 unspecified atom stereocenters. The van der Waals surface area contributed by atoms with Crippen LogP contribution in [0.25, 0.3) is 0 Å². The van der Waals surface area contributed by atoms with Crippen molar-refractivity contribution in [1.82, 2.24) is 4.37 Å². The van der Waals surface area contributed by atoms with E-state index in [0.29, 0.717) is 0 Å². The van der Waals surface area contributed by atoms with Crippen molar-refractivity contribution in [3.8, 4) is 0 Å². The second kappa shape index (κ2) is 3.39. The van der Waals surface area contributed by atoms with Gasteiger partial charge in [0.1, 0.15) is 0 Å². The Labute approximate surface area is 83.3 Å². The highest BCUT2D eigenvalue weighted by molar-refractivity contribution is 7.03. The Morgan fingerprint density at radius 3 is 3.15 bits per heavy atom. The van der Waals surface area contributed by atoms with Gasteiger partial charge in [0.05, 0.1) is 11.2 Å². The quantitative estimate of drug-likeness (QED) is 0.749. The minimum absolute atomic E-state index is 0.127. The molecule has 0 aromatic carbocycles. The van der Waals surface area contributed by atoms with Gasteiger partial charge in [-0.25, -0.2) is 0 Å². The Morgan fingerprint density at radius 1 is 1.69 bits per heavy atom. The maximum Gasteiger partial charge on any atom is 0.0740 e. The van der Waals surface area contributed by atoms with E-state index in [4.69, 9.17) is 5.73 Å². The van der Waals surface area contributed by atoms with E-state index in [0.717, 1.165) is 24.5 Å². The lowest BCUT2D eigenvalue weighted by Crippen LogP contribution is -2.41. The highest BCUT2D eigenvalue weighted by atomic mass is 32.1. The van der Waals surface area contributed by atoms with Gasteiger partial charge in [0.2, 0.25) is 0 Å². The van der Waals surface area contributed by atoms with E-state index in [2.05, 4.69) is 17.4 Å². The molecule has 1 aromatic heterocycles. The molecule has 1 heterocycles. The number of hydrogen-bond donors (Lipinski definition) is 1. The Bertz CT molecular complexity index is 270. The van der Waals surface area contributed by atoms with Gasteiger partial charge in [-0.15, -0.1) is 0 Å². The first-order valence-corrected chi connectivity index (χ1v) is 5.74. The first-order valence-electron chi connectivity index (χ1n) is 4.90. The number of aromatic nitrogens is 1. The summed E-state index contributed by atoms with van der Waals surface area (Å²) in [6.07, 6.45) is 4.76. The summed E-state index contributed by atoms with van der Waals surface area (Å²) in [7, 11) is 0. The van der Waals surface area contributed by atoms with Gasteiger partial charge < -0.3 is 5.73 Å². The molecule has 0 radical (unpaired) electrons. The van der Waals surface area contributed by atoms with Crippen LogP contribution in [0.4, 0.5) is 0 Å². The fourth-order valence-electron chi connectivity index (χ4n) is 2.29. The first kappa shape index (κ1) is 9.16. The summed E-state index contributed by atoms with van der Waals surface area (Å²) in [6.45, 7) is 2.28. The number of nitrogens with zero attached hydrogens (tertiary/aromatic N) is 1. The molecule has 0 aliphatic heterocycles. The zero-order chi connectivity index (χ0) is 9.31. The SMILES string of the molecule is CC1CCCC(N)(c2ccsn2)C1. The lowest BCUT2D eigenvalue weighted by Gasteiger charge is -2.35. The summed E-state index contributed by atoms with van der Waals surface area (Å²) in [5.41, 5.74) is 7.33. The van der Waals surface area contributed by atoms with E-state index in [1.807, 2.05) is 5.38 Å². The van der Waals surface area contributed by atoms with E-state index in [-0.39, 0.29) is 5.54 Å². The molecule has 0 saturated heterocycles. The summed E-state index contributed by atoms with van der Waals surface area (Å²) in [6, 6.07) is 2.07. The Morgan fingerprint density at radius 2 is 2.54 bits per heavy atom. The summed E-state index contributed by atoms with van der Waals surface area (Å²) >= 11 is 1.50. The highest BCUT2D eigenvalue weighted by Gasteiger charge is 2.33. The van der Waals surface area contributed by atoms with Gasteiger partial charge >= 0.3 is 0 Å². The molecule has 1 aliphatic rings. The van der Waals surface area contributed by atoms with Crippen LogP contribution in [0.15, 0.2) is 11.4 Å². The molecular formula is C10H16N2S. The minimum atomic E-state index is -0.127. The number of rotatable bonds is 1. The minimum Gasteiger partial charge on any atom is -0.320 e. The molecule has 0 spiro atoms. The van der Waals surface area contributed by atoms with E-state index >= 15 is 0 Å². The fraction of sp³-hybridized carbons (Fsp3) is 0.700. The molecule has 2 nitrogen and oxygen atoms in total. The van der Waals surface area contributed by atoms with Crippen LogP contribution in [0.1, 0.15) is 38.3 Å². The van der Waals surface area contributed by atoms with Crippen molar-refractivity contribution in [3.63, 3.8) is 0 Å². The maximum absolute atomic E-state index is 6.36. The zero-order valence-electron chi connectivity index (χ0n) is 7.99. The third-order valence-electron chi connectivity index (χ3n) is 2.98. The molecule has 1 aromatic rings. The first-order chi connectivity index (χ1) is 6.21. The molecule has 0 amide bonds. The van der Waals surface area contributed by atoms with Gasteiger partial charge in [0.25, 0.3) is 0 Å². The summed E-state index contributed by atoms with van der Waals surface area (Å²) < 4.78 is 4.36. The molecular weight excluding hydrogens is 180 g/mol. The van der Waals surface area contributed by atoms with Crippen LogP contribution in [-0.2, 0) is 5.54 Å². The summed E-state index contributed by atoms with van der Waals surface area (Å²) in [4.78, 5) is 0. The molecule has 1 aliphatic carbocycles. The van der Waals surface area contributed by atoms with Crippen molar-refractivity contribution >= 4 is 11.5 Å². The van der Waals surface area contributed by atoms with Crippen molar-refractivity contribution < 1.29 is 0 Å². The summed E-state index contributed by atoms with van der Waals surface area (Å²) in [5.74, 6) is 0.750. The van der Waals surface area contributed by atoms with Gasteiger partial charge in [0.15, 0.2) is 0 Å². The predicted octanol–water partition coefficient (Wildman–Crippen LogP) is 2.51. The molecule has 2 rings (SSSR count). The topological polar surface area (TPSA) is 38.9 Å². The van der Waals surface area contributed by atoms with Gasteiger partial charge in [0, 0.05) is 5.38 Å². The third kappa shape index (κ3) is 1.76. The molecule has 1 saturated carbocycles. The van der Waals surface area contributed by atoms with Crippen molar-refractivity contribution in [1.29, 1.82) is 0 Å². The molecule has 72 valence electrons. The second-order valence-electron chi connectivity index (χ2n) is 4.24. The molecule has 13 heavy (non-hydrogen) atoms. The fourth-order valence-corrected chi connectivity index (χ4v) is 2.90. The van der Waals surface area contributed by atoms with Crippen LogP contribution >= 0.6 is 11.5 Å². The largest absolute Gasteiger partial charge is 0.320 e. The Balaban J connectivity index is 2.20. The molecule has 1 fully saturated rings. The lowest BCUT2D eigenvalue weighted by atomic mass is 9.75. The van der Waals surface area contributed by atoms with Crippen molar-refractivity contribution in [2.45, 2.75) is 38.1 Å². The Hall–Kier alpha value is -0.410. The molecule has 2 N–H and O–H groups in total. The monoisotopic (exact) mass is 196 g/mol. The van der Waals surface area contributed by atoms with Crippen molar-refractivity contribution in [2.75, 3.05) is 0 Å². The van der Waals surface area contributed by atoms with Crippen molar-refractivity contribution in [3.05, 3.63) is 17.1 Å². The van der Waals surface area contributed by atoms with Gasteiger partial charge in [-0.2, -0.15) is 4.37 Å². The van der Waals surface area contributed by atoms with Crippen LogP contribution < -0.4 is 5.73 Å². The van der Waals surface area contributed by atoms with Gasteiger partial charge in [-0.3, -0.25) is 0 Å². The van der Waals surface area contributed by atoms with Gasteiger partial charge in [-0.05, 0) is 36.4 Å².